The smallest absolute Gasteiger partial charge is 0.0925 e. The Morgan fingerprint density at radius 1 is 1.62 bits per heavy atom. The number of rotatable bonds is 5. The van der Waals surface area contributed by atoms with E-state index < -0.39 is 0 Å². The van der Waals surface area contributed by atoms with Crippen molar-refractivity contribution in [1.82, 2.24) is 0 Å². The van der Waals surface area contributed by atoms with Crippen molar-refractivity contribution < 1.29 is 4.74 Å². The maximum absolute atomic E-state index is 6.04. The first-order chi connectivity index (χ1) is 6.18. The second kappa shape index (κ2) is 4.25. The second-order valence-corrected chi connectivity index (χ2v) is 3.82. The summed E-state index contributed by atoms with van der Waals surface area (Å²) in [6, 6.07) is 0. The van der Waals surface area contributed by atoms with E-state index in [0.717, 1.165) is 19.3 Å². The predicted octanol–water partition coefficient (Wildman–Crippen LogP) is 2.24. The highest BCUT2D eigenvalue weighted by Gasteiger charge is 2.37. The van der Waals surface area contributed by atoms with Crippen LogP contribution >= 0.6 is 0 Å². The lowest BCUT2D eigenvalue weighted by molar-refractivity contribution is -0.0797. The van der Waals surface area contributed by atoms with Crippen LogP contribution < -0.4 is 5.73 Å². The molecule has 0 saturated heterocycles. The van der Waals surface area contributed by atoms with Gasteiger partial charge in [-0.05, 0) is 31.8 Å². The molecule has 2 heteroatoms. The van der Waals surface area contributed by atoms with Crippen molar-refractivity contribution >= 4 is 0 Å². The van der Waals surface area contributed by atoms with E-state index in [4.69, 9.17) is 10.5 Å². The minimum Gasteiger partial charge on any atom is -0.366 e. The highest BCUT2D eigenvalue weighted by molar-refractivity contribution is 5.26. The lowest BCUT2D eigenvalue weighted by atomic mass is 9.78. The molecule has 0 bridgehead atoms. The summed E-state index contributed by atoms with van der Waals surface area (Å²) in [5, 5.41) is 0. The summed E-state index contributed by atoms with van der Waals surface area (Å²) < 4.78 is 6.04. The van der Waals surface area contributed by atoms with Crippen molar-refractivity contribution in [3.63, 3.8) is 0 Å². The van der Waals surface area contributed by atoms with Gasteiger partial charge in [0, 0.05) is 6.54 Å². The first-order valence-electron chi connectivity index (χ1n) is 5.23. The minimum atomic E-state index is 0.0278. The van der Waals surface area contributed by atoms with Gasteiger partial charge in [-0.2, -0.15) is 0 Å². The van der Waals surface area contributed by atoms with Gasteiger partial charge in [-0.25, -0.2) is 0 Å². The topological polar surface area (TPSA) is 35.2 Å². The molecule has 0 amide bonds. The Morgan fingerprint density at radius 3 is 2.54 bits per heavy atom. The van der Waals surface area contributed by atoms with Crippen molar-refractivity contribution in [1.29, 1.82) is 0 Å². The van der Waals surface area contributed by atoms with E-state index in [1.54, 1.807) is 0 Å². The zero-order valence-electron chi connectivity index (χ0n) is 8.97. The molecule has 0 saturated carbocycles. The van der Waals surface area contributed by atoms with Crippen molar-refractivity contribution in [2.45, 2.75) is 51.7 Å². The molecular formula is C11H21NO. The molecule has 76 valence electrons. The fourth-order valence-corrected chi connectivity index (χ4v) is 1.80. The van der Waals surface area contributed by atoms with E-state index >= 15 is 0 Å². The van der Waals surface area contributed by atoms with Crippen molar-refractivity contribution in [3.05, 3.63) is 11.6 Å². The summed E-state index contributed by atoms with van der Waals surface area (Å²) >= 11 is 0. The summed E-state index contributed by atoms with van der Waals surface area (Å²) in [5.41, 5.74) is 7.03. The zero-order valence-corrected chi connectivity index (χ0v) is 8.97. The third-order valence-corrected chi connectivity index (χ3v) is 3.14. The van der Waals surface area contributed by atoms with Crippen LogP contribution in [-0.2, 0) is 4.74 Å². The van der Waals surface area contributed by atoms with Gasteiger partial charge in [0.05, 0.1) is 11.7 Å². The van der Waals surface area contributed by atoms with Gasteiger partial charge in [0.2, 0.25) is 0 Å². The maximum Gasteiger partial charge on any atom is 0.0925 e. The molecule has 13 heavy (non-hydrogen) atoms. The molecule has 1 unspecified atom stereocenters. The highest BCUT2D eigenvalue weighted by Crippen LogP contribution is 2.39. The zero-order chi connectivity index (χ0) is 9.90. The second-order valence-electron chi connectivity index (χ2n) is 3.82. The van der Waals surface area contributed by atoms with Crippen LogP contribution in [0.15, 0.2) is 11.6 Å². The van der Waals surface area contributed by atoms with Crippen LogP contribution in [0.5, 0.6) is 0 Å². The molecule has 0 aromatic carbocycles. The average molecular weight is 183 g/mol. The van der Waals surface area contributed by atoms with E-state index in [0.29, 0.717) is 6.54 Å². The molecule has 1 aliphatic carbocycles. The number of hydrogen-bond donors (Lipinski definition) is 1. The third kappa shape index (κ3) is 1.94. The van der Waals surface area contributed by atoms with Crippen molar-refractivity contribution in [2.24, 2.45) is 5.73 Å². The molecule has 0 aromatic rings. The van der Waals surface area contributed by atoms with Gasteiger partial charge in [-0.15, -0.1) is 0 Å². The first-order valence-corrected chi connectivity index (χ1v) is 5.23. The molecule has 0 fully saturated rings. The first kappa shape index (κ1) is 10.7. The average Bonchev–Trinajstić information content (AvgIpc) is 2.18. The molecule has 1 rings (SSSR count). The lowest BCUT2D eigenvalue weighted by Crippen LogP contribution is -2.43. The van der Waals surface area contributed by atoms with E-state index in [1.807, 2.05) is 0 Å². The van der Waals surface area contributed by atoms with Crippen LogP contribution in [0.4, 0.5) is 0 Å². The normalized spacial score (nSPS) is 29.4. The molecule has 2 nitrogen and oxygen atoms in total. The van der Waals surface area contributed by atoms with Gasteiger partial charge >= 0.3 is 0 Å². The Morgan fingerprint density at radius 2 is 2.31 bits per heavy atom. The van der Waals surface area contributed by atoms with Gasteiger partial charge in [0.25, 0.3) is 0 Å². The Bertz CT molecular complexity index is 196. The monoisotopic (exact) mass is 183 g/mol. The Hall–Kier alpha value is -0.340. The lowest BCUT2D eigenvalue weighted by Gasteiger charge is -2.42. The number of nitrogens with two attached hydrogens (primary N) is 1. The molecule has 2 atom stereocenters. The van der Waals surface area contributed by atoms with E-state index in [9.17, 15) is 0 Å². The molecule has 1 aliphatic rings. The summed E-state index contributed by atoms with van der Waals surface area (Å²) in [5.74, 6) is 0. The molecule has 0 aromatic heterocycles. The van der Waals surface area contributed by atoms with E-state index in [2.05, 4.69) is 26.8 Å². The number of hydrogen-bond acceptors (Lipinski definition) is 2. The summed E-state index contributed by atoms with van der Waals surface area (Å²) in [6.45, 7) is 7.08. The molecular weight excluding hydrogens is 162 g/mol. The predicted molar refractivity (Wildman–Crippen MR) is 55.6 cm³/mol. The summed E-state index contributed by atoms with van der Waals surface area (Å²) in [4.78, 5) is 0. The minimum absolute atomic E-state index is 0.0278. The van der Waals surface area contributed by atoms with E-state index in [1.165, 1.54) is 5.57 Å². The Kier molecular flexibility index (Phi) is 3.51. The van der Waals surface area contributed by atoms with Crippen LogP contribution in [0.1, 0.15) is 40.0 Å². The van der Waals surface area contributed by atoms with Crippen LogP contribution in [0.3, 0.4) is 0 Å². The largest absolute Gasteiger partial charge is 0.366 e. The Balaban J connectivity index is 2.55. The van der Waals surface area contributed by atoms with Crippen LogP contribution in [0, 0.1) is 0 Å². The van der Waals surface area contributed by atoms with Crippen molar-refractivity contribution in [2.75, 3.05) is 6.54 Å². The van der Waals surface area contributed by atoms with Gasteiger partial charge in [-0.1, -0.05) is 19.9 Å². The molecule has 0 radical (unpaired) electrons. The fourth-order valence-electron chi connectivity index (χ4n) is 1.80. The van der Waals surface area contributed by atoms with Crippen LogP contribution in [0.2, 0.25) is 0 Å². The van der Waals surface area contributed by atoms with E-state index in [-0.39, 0.29) is 11.7 Å². The van der Waals surface area contributed by atoms with Gasteiger partial charge in [-0.3, -0.25) is 0 Å². The van der Waals surface area contributed by atoms with Crippen LogP contribution in [0.25, 0.3) is 0 Å². The molecule has 2 N–H and O–H groups in total. The highest BCUT2D eigenvalue weighted by atomic mass is 16.5. The molecule has 0 spiro atoms. The summed E-state index contributed by atoms with van der Waals surface area (Å²) in [6.07, 6.45) is 5.60. The van der Waals surface area contributed by atoms with Gasteiger partial charge in [0.15, 0.2) is 0 Å². The van der Waals surface area contributed by atoms with Gasteiger partial charge in [0.1, 0.15) is 0 Å². The molecule has 0 heterocycles. The van der Waals surface area contributed by atoms with Crippen LogP contribution in [-0.4, -0.2) is 18.2 Å². The SMILES string of the molecule is CCC(CN)O[C@]1(CC)CC=C1C. The summed E-state index contributed by atoms with van der Waals surface area (Å²) in [7, 11) is 0. The quantitative estimate of drug-likeness (QED) is 0.663. The van der Waals surface area contributed by atoms with Crippen molar-refractivity contribution in [3.8, 4) is 0 Å². The fraction of sp³-hybridized carbons (Fsp3) is 0.818. The Labute approximate surface area is 81.1 Å². The molecule has 0 aliphatic heterocycles. The third-order valence-electron chi connectivity index (χ3n) is 3.14. The van der Waals surface area contributed by atoms with Gasteiger partial charge < -0.3 is 10.5 Å². The standard InChI is InChI=1S/C11H21NO/c1-4-10(8-12)13-11(5-2)7-6-9(11)3/h6,10H,4-5,7-8,12H2,1-3H3/t10?,11-/m1/s1. The number of ether oxygens (including phenoxy) is 1. The maximum atomic E-state index is 6.04.